The van der Waals surface area contributed by atoms with Crippen molar-refractivity contribution in [3.63, 3.8) is 0 Å². The van der Waals surface area contributed by atoms with Gasteiger partial charge in [-0.1, -0.05) is 31.0 Å². The molecule has 0 radical (unpaired) electrons. The number of hydrogen-bond donors (Lipinski definition) is 1. The first-order valence-corrected chi connectivity index (χ1v) is 10.5. The lowest BCUT2D eigenvalue weighted by atomic mass is 10.0. The first kappa shape index (κ1) is 15.4. The Morgan fingerprint density at radius 1 is 1.29 bits per heavy atom. The Hall–Kier alpha value is -0.520. The van der Waals surface area contributed by atoms with Crippen molar-refractivity contribution in [2.75, 3.05) is 18.6 Å². The lowest BCUT2D eigenvalue weighted by Gasteiger charge is -2.32. The summed E-state index contributed by atoms with van der Waals surface area (Å²) in [6.07, 6.45) is 8.06. The number of benzene rings is 1. The normalized spacial score (nSPS) is 26.4. The average molecular weight is 325 g/mol. The Balaban J connectivity index is 1.78. The average Bonchev–Trinajstić information content (AvgIpc) is 2.96. The number of rotatable bonds is 4. The largest absolute Gasteiger partial charge is 0.308 e. The molecule has 0 bridgehead atoms. The van der Waals surface area contributed by atoms with E-state index in [1.54, 1.807) is 6.07 Å². The van der Waals surface area contributed by atoms with Crippen molar-refractivity contribution in [2.45, 2.75) is 47.8 Å². The Morgan fingerprint density at radius 2 is 2.00 bits per heavy atom. The van der Waals surface area contributed by atoms with E-state index in [1.165, 1.54) is 25.7 Å². The first-order chi connectivity index (χ1) is 10.1. The maximum absolute atomic E-state index is 12.2. The molecule has 116 valence electrons. The van der Waals surface area contributed by atoms with Gasteiger partial charge in [0.25, 0.3) is 0 Å². The summed E-state index contributed by atoms with van der Waals surface area (Å²) >= 11 is 1.97. The summed E-state index contributed by atoms with van der Waals surface area (Å²) < 4.78 is 24.7. The first-order valence-electron chi connectivity index (χ1n) is 7.67. The van der Waals surface area contributed by atoms with Crippen molar-refractivity contribution in [1.82, 2.24) is 5.32 Å². The Labute approximate surface area is 131 Å². The van der Waals surface area contributed by atoms with E-state index in [4.69, 9.17) is 0 Å². The quantitative estimate of drug-likeness (QED) is 0.923. The van der Waals surface area contributed by atoms with E-state index in [9.17, 15) is 8.42 Å². The van der Waals surface area contributed by atoms with Gasteiger partial charge in [-0.3, -0.25) is 0 Å². The molecule has 5 heteroatoms. The molecule has 1 aliphatic heterocycles. The molecule has 1 heterocycles. The van der Waals surface area contributed by atoms with Gasteiger partial charge >= 0.3 is 0 Å². The third-order valence-electron chi connectivity index (χ3n) is 4.92. The number of sulfone groups is 1. The number of nitrogens with one attached hydrogen (secondary N) is 1. The highest BCUT2D eigenvalue weighted by Gasteiger charge is 2.35. The van der Waals surface area contributed by atoms with Gasteiger partial charge in [0.05, 0.1) is 10.6 Å². The predicted octanol–water partition coefficient (Wildman–Crippen LogP) is 3.17. The van der Waals surface area contributed by atoms with E-state index in [2.05, 4.69) is 11.6 Å². The van der Waals surface area contributed by atoms with Crippen LogP contribution in [-0.2, 0) is 9.84 Å². The van der Waals surface area contributed by atoms with Crippen molar-refractivity contribution in [1.29, 1.82) is 0 Å². The van der Waals surface area contributed by atoms with E-state index in [1.807, 2.05) is 30.0 Å². The van der Waals surface area contributed by atoms with Crippen LogP contribution >= 0.6 is 11.8 Å². The number of thioether (sulfide) groups is 1. The van der Waals surface area contributed by atoms with Crippen LogP contribution in [0.15, 0.2) is 29.2 Å². The molecule has 21 heavy (non-hydrogen) atoms. The van der Waals surface area contributed by atoms with Gasteiger partial charge in [0.15, 0.2) is 9.84 Å². The molecule has 1 aliphatic carbocycles. The smallest absolute Gasteiger partial charge is 0.178 e. The van der Waals surface area contributed by atoms with Gasteiger partial charge in [-0.25, -0.2) is 8.42 Å². The van der Waals surface area contributed by atoms with Gasteiger partial charge in [-0.05, 0) is 37.1 Å². The van der Waals surface area contributed by atoms with Crippen molar-refractivity contribution >= 4 is 21.6 Å². The molecule has 0 spiro atoms. The highest BCUT2D eigenvalue weighted by Crippen LogP contribution is 2.40. The molecule has 3 rings (SSSR count). The summed E-state index contributed by atoms with van der Waals surface area (Å²) in [6, 6.07) is 7.64. The Morgan fingerprint density at radius 3 is 2.71 bits per heavy atom. The third-order valence-corrected chi connectivity index (χ3v) is 8.16. The molecule has 1 unspecified atom stereocenters. The molecule has 1 aromatic carbocycles. The van der Waals surface area contributed by atoms with E-state index < -0.39 is 9.84 Å². The van der Waals surface area contributed by atoms with E-state index in [0.29, 0.717) is 16.1 Å². The van der Waals surface area contributed by atoms with E-state index in [0.717, 1.165) is 12.1 Å². The van der Waals surface area contributed by atoms with Crippen LogP contribution in [0, 0.1) is 0 Å². The predicted molar refractivity (Wildman–Crippen MR) is 88.6 cm³/mol. The van der Waals surface area contributed by atoms with E-state index in [-0.39, 0.29) is 11.8 Å². The third kappa shape index (κ3) is 3.01. The molecule has 0 amide bonds. The summed E-state index contributed by atoms with van der Waals surface area (Å²) in [5, 5.41) is 3.66. The fourth-order valence-corrected chi connectivity index (χ4v) is 6.13. The molecule has 2 aliphatic rings. The van der Waals surface area contributed by atoms with Gasteiger partial charge in [0.2, 0.25) is 0 Å². The molecular formula is C16H23NO2S2. The minimum atomic E-state index is -3.08. The second-order valence-electron chi connectivity index (χ2n) is 6.17. The van der Waals surface area contributed by atoms with Crippen molar-refractivity contribution < 1.29 is 8.42 Å². The van der Waals surface area contributed by atoms with Gasteiger partial charge in [-0.2, -0.15) is 11.8 Å². The molecule has 0 aromatic heterocycles. The van der Waals surface area contributed by atoms with Crippen LogP contribution in [0.5, 0.6) is 0 Å². The van der Waals surface area contributed by atoms with Crippen molar-refractivity contribution in [3.05, 3.63) is 29.8 Å². The fraction of sp³-hybridized carbons (Fsp3) is 0.625. The Bertz CT molecular complexity index is 606. The minimum Gasteiger partial charge on any atom is -0.308 e. The molecule has 0 saturated heterocycles. The van der Waals surface area contributed by atoms with Crippen LogP contribution in [0.1, 0.15) is 43.7 Å². The van der Waals surface area contributed by atoms with Crippen molar-refractivity contribution in [3.8, 4) is 0 Å². The molecule has 1 saturated carbocycles. The van der Waals surface area contributed by atoms with Gasteiger partial charge in [0, 0.05) is 17.3 Å². The summed E-state index contributed by atoms with van der Waals surface area (Å²) in [7, 11) is -3.08. The van der Waals surface area contributed by atoms with Crippen LogP contribution in [0.3, 0.4) is 0 Å². The second kappa shape index (κ2) is 5.94. The zero-order valence-corrected chi connectivity index (χ0v) is 14.1. The van der Waals surface area contributed by atoms with Crippen LogP contribution in [-0.4, -0.2) is 31.7 Å². The summed E-state index contributed by atoms with van der Waals surface area (Å²) in [5.74, 6) is 0.258. The Kier molecular flexibility index (Phi) is 4.35. The number of fused-ring (bicyclic) bond motifs is 1. The topological polar surface area (TPSA) is 46.2 Å². The maximum atomic E-state index is 12.2. The lowest BCUT2D eigenvalue weighted by molar-refractivity contribution is 0.446. The summed E-state index contributed by atoms with van der Waals surface area (Å²) in [6.45, 7) is 0.979. The molecular weight excluding hydrogens is 302 g/mol. The van der Waals surface area contributed by atoms with Gasteiger partial charge < -0.3 is 5.32 Å². The number of hydrogen-bond acceptors (Lipinski definition) is 4. The lowest BCUT2D eigenvalue weighted by Crippen LogP contribution is -2.39. The summed E-state index contributed by atoms with van der Waals surface area (Å²) in [4.78, 5) is 0.526. The SMILES string of the molecule is CSC1(CNC2CCS(=O)(=O)c3ccccc32)CCCC1. The molecule has 1 fully saturated rings. The highest BCUT2D eigenvalue weighted by atomic mass is 32.2. The monoisotopic (exact) mass is 325 g/mol. The molecule has 1 aromatic rings. The second-order valence-corrected chi connectivity index (χ2v) is 9.52. The standard InChI is InChI=1S/C16H23NO2S2/c1-20-16(9-4-5-10-16)12-17-14-8-11-21(18,19)15-7-3-2-6-13(14)15/h2-3,6-7,14,17H,4-5,8-12H2,1H3. The van der Waals surface area contributed by atoms with Crippen LogP contribution < -0.4 is 5.32 Å². The summed E-state index contributed by atoms with van der Waals surface area (Å²) in [5.41, 5.74) is 0.956. The van der Waals surface area contributed by atoms with Crippen LogP contribution in [0.4, 0.5) is 0 Å². The van der Waals surface area contributed by atoms with Crippen LogP contribution in [0.2, 0.25) is 0 Å². The van der Waals surface area contributed by atoms with Gasteiger partial charge in [0.1, 0.15) is 0 Å². The maximum Gasteiger partial charge on any atom is 0.178 e. The van der Waals surface area contributed by atoms with Crippen LogP contribution in [0.25, 0.3) is 0 Å². The molecule has 1 N–H and O–H groups in total. The minimum absolute atomic E-state index is 0.175. The molecule has 1 atom stereocenters. The zero-order chi connectivity index (χ0) is 14.9. The molecule has 3 nitrogen and oxygen atoms in total. The van der Waals surface area contributed by atoms with Gasteiger partial charge in [-0.15, -0.1) is 0 Å². The highest BCUT2D eigenvalue weighted by molar-refractivity contribution is 8.00. The fourth-order valence-electron chi connectivity index (χ4n) is 3.58. The zero-order valence-electron chi connectivity index (χ0n) is 12.5. The van der Waals surface area contributed by atoms with Crippen molar-refractivity contribution in [2.24, 2.45) is 0 Å². The van der Waals surface area contributed by atoms with E-state index >= 15 is 0 Å².